The van der Waals surface area contributed by atoms with Crippen molar-refractivity contribution in [2.24, 2.45) is 7.05 Å². The maximum Gasteiger partial charge on any atom is 0.262 e. The number of carbonyl (C=O) groups excluding carboxylic acids is 1. The molecule has 1 saturated carbocycles. The van der Waals surface area contributed by atoms with Crippen molar-refractivity contribution in [2.45, 2.75) is 36.5 Å². The van der Waals surface area contributed by atoms with E-state index in [0.29, 0.717) is 21.8 Å². The molecule has 0 radical (unpaired) electrons. The van der Waals surface area contributed by atoms with Crippen molar-refractivity contribution in [2.75, 3.05) is 17.3 Å². The van der Waals surface area contributed by atoms with Crippen molar-refractivity contribution in [3.8, 4) is 10.4 Å². The molecule has 3 aromatic rings. The molecule has 5 rings (SSSR count). The van der Waals surface area contributed by atoms with Gasteiger partial charge in [-0.25, -0.2) is 13.4 Å². The van der Waals surface area contributed by atoms with E-state index in [1.165, 1.54) is 27.7 Å². The molecule has 2 aliphatic rings. The van der Waals surface area contributed by atoms with E-state index in [2.05, 4.69) is 4.98 Å². The Morgan fingerprint density at radius 1 is 1.22 bits per heavy atom. The summed E-state index contributed by atoms with van der Waals surface area (Å²) >= 11 is 2.70. The highest BCUT2D eigenvalue weighted by atomic mass is 32.2. The monoisotopic (exact) mass is 489 g/mol. The minimum Gasteiger partial charge on any atom is -0.335 e. The fraction of sp³-hybridized carbons (Fsp3) is 0.409. The Morgan fingerprint density at radius 3 is 2.62 bits per heavy atom. The number of thiophene rings is 1. The number of carbonyl (C=O) groups is 1. The summed E-state index contributed by atoms with van der Waals surface area (Å²) in [5, 5.41) is 1.06. The van der Waals surface area contributed by atoms with Gasteiger partial charge in [0.25, 0.3) is 5.56 Å². The first kappa shape index (κ1) is 21.7. The van der Waals surface area contributed by atoms with Crippen LogP contribution in [0.25, 0.3) is 20.7 Å². The van der Waals surface area contributed by atoms with Gasteiger partial charge in [-0.1, -0.05) is 42.1 Å². The zero-order valence-corrected chi connectivity index (χ0v) is 20.0. The molecule has 1 atom stereocenters. The highest BCUT2D eigenvalue weighted by Crippen LogP contribution is 2.34. The molecular formula is C22H23N3O4S3. The summed E-state index contributed by atoms with van der Waals surface area (Å²) < 4.78 is 25.3. The van der Waals surface area contributed by atoms with Gasteiger partial charge in [0, 0.05) is 24.0 Å². The summed E-state index contributed by atoms with van der Waals surface area (Å²) in [7, 11) is -1.39. The second-order valence-electron chi connectivity index (χ2n) is 8.33. The SMILES string of the molecule is Cn1c(SCC(=O)N(C2CC2)C2CCS(=O)(=O)C2)nc2sc(-c3ccccc3)cc2c1=O. The largest absolute Gasteiger partial charge is 0.335 e. The van der Waals surface area contributed by atoms with E-state index in [1.807, 2.05) is 36.4 Å². The lowest BCUT2D eigenvalue weighted by Gasteiger charge is -2.28. The van der Waals surface area contributed by atoms with Gasteiger partial charge >= 0.3 is 0 Å². The molecular weight excluding hydrogens is 466 g/mol. The highest BCUT2D eigenvalue weighted by Gasteiger charge is 2.42. The van der Waals surface area contributed by atoms with E-state index in [9.17, 15) is 18.0 Å². The van der Waals surface area contributed by atoms with E-state index < -0.39 is 9.84 Å². The Kier molecular flexibility index (Phi) is 5.63. The third kappa shape index (κ3) is 4.23. The summed E-state index contributed by atoms with van der Waals surface area (Å²) in [5.74, 6) is 0.261. The Bertz CT molecular complexity index is 1340. The van der Waals surface area contributed by atoms with E-state index in [0.717, 1.165) is 23.3 Å². The zero-order valence-electron chi connectivity index (χ0n) is 17.6. The minimum absolute atomic E-state index is 0.0556. The lowest BCUT2D eigenvalue weighted by molar-refractivity contribution is -0.130. The van der Waals surface area contributed by atoms with Crippen LogP contribution in [0.4, 0.5) is 0 Å². The van der Waals surface area contributed by atoms with E-state index in [4.69, 9.17) is 0 Å². The first-order chi connectivity index (χ1) is 15.3. The lowest BCUT2D eigenvalue weighted by atomic mass is 10.2. The first-order valence-corrected chi connectivity index (χ1v) is 14.1. The molecule has 10 heteroatoms. The highest BCUT2D eigenvalue weighted by molar-refractivity contribution is 7.99. The number of benzene rings is 1. The molecule has 3 heterocycles. The summed E-state index contributed by atoms with van der Waals surface area (Å²) in [4.78, 5) is 34.1. The van der Waals surface area contributed by atoms with Crippen molar-refractivity contribution in [3.63, 3.8) is 0 Å². The summed E-state index contributed by atoms with van der Waals surface area (Å²) in [6, 6.07) is 11.7. The van der Waals surface area contributed by atoms with Crippen molar-refractivity contribution < 1.29 is 13.2 Å². The fourth-order valence-corrected chi connectivity index (χ4v) is 7.81. The van der Waals surface area contributed by atoms with Gasteiger partial charge in [-0.15, -0.1) is 11.3 Å². The molecule has 1 aliphatic carbocycles. The van der Waals surface area contributed by atoms with Gasteiger partial charge in [-0.2, -0.15) is 0 Å². The molecule has 32 heavy (non-hydrogen) atoms. The van der Waals surface area contributed by atoms with Gasteiger partial charge in [0.1, 0.15) is 4.83 Å². The Morgan fingerprint density at radius 2 is 1.97 bits per heavy atom. The van der Waals surface area contributed by atoms with Crippen LogP contribution in [-0.2, 0) is 21.7 Å². The molecule has 1 aromatic carbocycles. The summed E-state index contributed by atoms with van der Waals surface area (Å²) in [6.45, 7) is 0. The van der Waals surface area contributed by atoms with Crippen LogP contribution in [-0.4, -0.2) is 58.1 Å². The average molecular weight is 490 g/mol. The number of rotatable bonds is 6. The Labute approximate surface area is 194 Å². The first-order valence-electron chi connectivity index (χ1n) is 10.5. The molecule has 7 nitrogen and oxygen atoms in total. The maximum absolute atomic E-state index is 13.0. The van der Waals surface area contributed by atoms with Crippen LogP contribution in [0.3, 0.4) is 0 Å². The number of amides is 1. The van der Waals surface area contributed by atoms with E-state index in [1.54, 1.807) is 11.9 Å². The van der Waals surface area contributed by atoms with Gasteiger partial charge in [0.15, 0.2) is 15.0 Å². The third-order valence-corrected chi connectivity index (χ3v) is 9.79. The minimum atomic E-state index is -3.06. The van der Waals surface area contributed by atoms with Crippen LogP contribution in [0, 0.1) is 0 Å². The fourth-order valence-electron chi connectivity index (χ4n) is 4.17. The number of fused-ring (bicyclic) bond motifs is 1. The van der Waals surface area contributed by atoms with Gasteiger partial charge < -0.3 is 4.90 Å². The second-order valence-corrected chi connectivity index (χ2v) is 12.5. The van der Waals surface area contributed by atoms with Crippen molar-refractivity contribution in [1.29, 1.82) is 0 Å². The molecule has 2 aromatic heterocycles. The number of sulfone groups is 1. The molecule has 0 bridgehead atoms. The van der Waals surface area contributed by atoms with Gasteiger partial charge in [-0.3, -0.25) is 14.2 Å². The number of thioether (sulfide) groups is 1. The quantitative estimate of drug-likeness (QED) is 0.391. The molecule has 2 fully saturated rings. The molecule has 1 aliphatic heterocycles. The number of aromatic nitrogens is 2. The topological polar surface area (TPSA) is 89.3 Å². The van der Waals surface area contributed by atoms with Crippen LogP contribution in [0.15, 0.2) is 46.3 Å². The Hall–Kier alpha value is -2.17. The van der Waals surface area contributed by atoms with Crippen molar-refractivity contribution in [1.82, 2.24) is 14.5 Å². The van der Waals surface area contributed by atoms with Crippen LogP contribution in [0.1, 0.15) is 19.3 Å². The van der Waals surface area contributed by atoms with Gasteiger partial charge in [0.05, 0.1) is 22.6 Å². The van der Waals surface area contributed by atoms with E-state index >= 15 is 0 Å². The second kappa shape index (κ2) is 8.31. The van der Waals surface area contributed by atoms with Crippen LogP contribution in [0.5, 0.6) is 0 Å². The molecule has 1 saturated heterocycles. The summed E-state index contributed by atoms with van der Waals surface area (Å²) in [6.07, 6.45) is 2.36. The molecule has 1 unspecified atom stereocenters. The normalized spacial score (nSPS) is 20.0. The van der Waals surface area contributed by atoms with Gasteiger partial charge in [-0.05, 0) is 30.9 Å². The van der Waals surface area contributed by atoms with Gasteiger partial charge in [0.2, 0.25) is 5.91 Å². The number of hydrogen-bond donors (Lipinski definition) is 0. The number of nitrogens with zero attached hydrogens (tertiary/aromatic N) is 3. The predicted octanol–water partition coefficient (Wildman–Crippen LogP) is 2.93. The molecule has 0 spiro atoms. The Balaban J connectivity index is 1.37. The lowest BCUT2D eigenvalue weighted by Crippen LogP contribution is -2.43. The van der Waals surface area contributed by atoms with Crippen LogP contribution < -0.4 is 5.56 Å². The molecule has 1 amide bonds. The van der Waals surface area contributed by atoms with Crippen molar-refractivity contribution >= 4 is 49.1 Å². The average Bonchev–Trinajstić information content (AvgIpc) is 3.40. The van der Waals surface area contributed by atoms with Crippen LogP contribution >= 0.6 is 23.1 Å². The summed E-state index contributed by atoms with van der Waals surface area (Å²) in [5.41, 5.74) is 0.901. The number of hydrogen-bond acceptors (Lipinski definition) is 7. The standard InChI is InChI=1S/C22H23N3O4S3/c1-24-21(27)17-11-18(14-5-3-2-4-6-14)31-20(17)23-22(24)30-12-19(26)25(15-7-8-15)16-9-10-32(28,29)13-16/h2-6,11,15-16H,7-10,12-13H2,1H3. The predicted molar refractivity (Wildman–Crippen MR) is 128 cm³/mol. The maximum atomic E-state index is 13.0. The van der Waals surface area contributed by atoms with Crippen molar-refractivity contribution in [3.05, 3.63) is 46.8 Å². The zero-order chi connectivity index (χ0) is 22.5. The van der Waals surface area contributed by atoms with E-state index in [-0.39, 0.29) is 40.8 Å². The molecule has 0 N–H and O–H groups in total. The smallest absolute Gasteiger partial charge is 0.262 e. The third-order valence-electron chi connectivity index (χ3n) is 5.94. The van der Waals surface area contributed by atoms with Crippen LogP contribution in [0.2, 0.25) is 0 Å². The molecule has 168 valence electrons.